The van der Waals surface area contributed by atoms with Crippen molar-refractivity contribution in [2.24, 2.45) is 5.73 Å². The molecular weight excluding hydrogens is 436 g/mol. The predicted molar refractivity (Wildman–Crippen MR) is 116 cm³/mol. The van der Waals surface area contributed by atoms with Gasteiger partial charge in [-0.15, -0.1) is 0 Å². The van der Waals surface area contributed by atoms with Gasteiger partial charge in [0, 0.05) is 24.5 Å². The quantitative estimate of drug-likeness (QED) is 0.419. The van der Waals surface area contributed by atoms with E-state index in [4.69, 9.17) is 26.8 Å². The first-order chi connectivity index (χ1) is 15.3. The van der Waals surface area contributed by atoms with E-state index in [1.807, 2.05) is 30.3 Å². The molecule has 1 aliphatic heterocycles. The molecule has 0 spiro atoms. The van der Waals surface area contributed by atoms with Crippen LogP contribution in [-0.2, 0) is 19.1 Å². The van der Waals surface area contributed by atoms with Crippen molar-refractivity contribution >= 4 is 29.0 Å². The molecule has 0 fully saturated rings. The summed E-state index contributed by atoms with van der Waals surface area (Å²) in [7, 11) is 1.18. The fourth-order valence-electron chi connectivity index (χ4n) is 4.26. The van der Waals surface area contributed by atoms with Crippen molar-refractivity contribution in [2.75, 3.05) is 7.11 Å². The Bertz CT molecular complexity index is 1190. The van der Waals surface area contributed by atoms with Crippen LogP contribution in [-0.4, -0.2) is 23.8 Å². The number of carbonyl (C=O) groups excluding carboxylic acids is 2. The molecule has 0 saturated carbocycles. The molecule has 1 heterocycles. The van der Waals surface area contributed by atoms with Gasteiger partial charge in [0.05, 0.1) is 18.0 Å². The maximum absolute atomic E-state index is 13.3. The predicted octanol–water partition coefficient (Wildman–Crippen LogP) is 4.11. The van der Waals surface area contributed by atoms with Crippen molar-refractivity contribution in [1.29, 1.82) is 0 Å². The smallest absolute Gasteiger partial charge is 0.340 e. The van der Waals surface area contributed by atoms with Gasteiger partial charge in [-0.3, -0.25) is 14.9 Å². The van der Waals surface area contributed by atoms with Crippen LogP contribution >= 0.6 is 11.6 Å². The summed E-state index contributed by atoms with van der Waals surface area (Å²) in [6.45, 7) is 0. The monoisotopic (exact) mass is 454 g/mol. The molecule has 32 heavy (non-hydrogen) atoms. The molecule has 2 aromatic rings. The average molecular weight is 455 g/mol. The summed E-state index contributed by atoms with van der Waals surface area (Å²) in [4.78, 5) is 36.7. The number of ether oxygens (including phenoxy) is 2. The van der Waals surface area contributed by atoms with Crippen LogP contribution < -0.4 is 5.73 Å². The molecule has 1 aliphatic carbocycles. The Morgan fingerprint density at radius 2 is 1.91 bits per heavy atom. The van der Waals surface area contributed by atoms with Gasteiger partial charge in [-0.2, -0.15) is 0 Å². The summed E-state index contributed by atoms with van der Waals surface area (Å²) in [6, 6.07) is 13.7. The van der Waals surface area contributed by atoms with Gasteiger partial charge in [-0.1, -0.05) is 48.0 Å². The maximum atomic E-state index is 13.3. The number of halogens is 1. The Morgan fingerprint density at radius 1 is 1.19 bits per heavy atom. The van der Waals surface area contributed by atoms with Crippen LogP contribution in [0.1, 0.15) is 35.8 Å². The number of hydrogen-bond acceptors (Lipinski definition) is 7. The molecule has 2 atom stereocenters. The number of methoxy groups -OCH3 is 1. The van der Waals surface area contributed by atoms with Crippen LogP contribution in [0, 0.1) is 10.1 Å². The molecule has 0 saturated heterocycles. The van der Waals surface area contributed by atoms with E-state index < -0.39 is 16.8 Å². The summed E-state index contributed by atoms with van der Waals surface area (Å²) in [5.41, 5.74) is 7.24. The van der Waals surface area contributed by atoms with E-state index in [0.717, 1.165) is 5.56 Å². The minimum atomic E-state index is -0.966. The van der Waals surface area contributed by atoms with Crippen LogP contribution in [0.25, 0.3) is 0 Å². The summed E-state index contributed by atoms with van der Waals surface area (Å²) in [5.74, 6) is -1.93. The Morgan fingerprint density at radius 3 is 2.56 bits per heavy atom. The van der Waals surface area contributed by atoms with Crippen molar-refractivity contribution in [3.05, 3.63) is 97.6 Å². The van der Waals surface area contributed by atoms with E-state index in [-0.39, 0.29) is 45.9 Å². The Hall–Kier alpha value is -3.65. The van der Waals surface area contributed by atoms with Crippen molar-refractivity contribution in [2.45, 2.75) is 24.7 Å². The maximum Gasteiger partial charge on any atom is 0.340 e. The molecule has 0 unspecified atom stereocenters. The lowest BCUT2D eigenvalue weighted by Gasteiger charge is -2.35. The second-order valence-corrected chi connectivity index (χ2v) is 7.96. The number of nitro benzene ring substituents is 1. The highest BCUT2D eigenvalue weighted by molar-refractivity contribution is 6.32. The number of carbonyl (C=O) groups is 2. The van der Waals surface area contributed by atoms with E-state index in [0.29, 0.717) is 17.7 Å². The number of nitrogens with zero attached hydrogens (tertiary/aromatic N) is 1. The van der Waals surface area contributed by atoms with Crippen LogP contribution in [0.15, 0.2) is 71.3 Å². The van der Waals surface area contributed by atoms with Gasteiger partial charge in [-0.25, -0.2) is 4.79 Å². The SMILES string of the molecule is COC(=O)C1=C(N)OC2=C(C(=O)C[C@H](c3ccccc3)C2)[C@H]1c1ccc(Cl)c([N+](=O)[O-])c1. The van der Waals surface area contributed by atoms with Crippen molar-refractivity contribution in [1.82, 2.24) is 0 Å². The fourth-order valence-corrected chi connectivity index (χ4v) is 4.45. The lowest BCUT2D eigenvalue weighted by molar-refractivity contribution is -0.384. The molecule has 4 rings (SSSR count). The standard InChI is InChI=1S/C23H19ClN2O6/c1-31-23(28)21-19(13-7-8-15(24)16(9-13)26(29)30)20-17(27)10-14(11-18(20)32-22(21)25)12-5-3-2-4-6-12/h2-9,14,19H,10-11,25H2,1H3/t14-,19+/m0/s1. The van der Waals surface area contributed by atoms with E-state index in [1.54, 1.807) is 0 Å². The van der Waals surface area contributed by atoms with Crippen LogP contribution in [0.2, 0.25) is 5.02 Å². The van der Waals surface area contributed by atoms with Gasteiger partial charge < -0.3 is 15.2 Å². The highest BCUT2D eigenvalue weighted by Gasteiger charge is 2.43. The zero-order chi connectivity index (χ0) is 23.0. The Kier molecular flexibility index (Phi) is 5.71. The molecule has 0 bridgehead atoms. The van der Waals surface area contributed by atoms with Crippen LogP contribution in [0.3, 0.4) is 0 Å². The van der Waals surface area contributed by atoms with E-state index in [1.165, 1.54) is 25.3 Å². The second-order valence-electron chi connectivity index (χ2n) is 7.55. The fraction of sp³-hybridized carbons (Fsp3) is 0.217. The number of esters is 1. The van der Waals surface area contributed by atoms with Gasteiger partial charge in [0.15, 0.2) is 5.78 Å². The van der Waals surface area contributed by atoms with Crippen LogP contribution in [0.4, 0.5) is 5.69 Å². The summed E-state index contributed by atoms with van der Waals surface area (Å²) in [5, 5.41) is 11.4. The van der Waals surface area contributed by atoms with Gasteiger partial charge >= 0.3 is 5.97 Å². The molecular formula is C23H19ClN2O6. The number of ketones is 1. The average Bonchev–Trinajstić information content (AvgIpc) is 2.78. The first kappa shape index (κ1) is 21.6. The number of hydrogen-bond donors (Lipinski definition) is 1. The first-order valence-electron chi connectivity index (χ1n) is 9.82. The number of rotatable bonds is 4. The van der Waals surface area contributed by atoms with Gasteiger partial charge in [0.25, 0.3) is 5.69 Å². The number of benzene rings is 2. The molecule has 2 N–H and O–H groups in total. The first-order valence-corrected chi connectivity index (χ1v) is 10.2. The third-order valence-electron chi connectivity index (χ3n) is 5.72. The third-order valence-corrected chi connectivity index (χ3v) is 6.04. The molecule has 9 heteroatoms. The van der Waals surface area contributed by atoms with Crippen molar-refractivity contribution in [3.63, 3.8) is 0 Å². The zero-order valence-corrected chi connectivity index (χ0v) is 17.8. The second kappa shape index (κ2) is 8.47. The summed E-state index contributed by atoms with van der Waals surface area (Å²) < 4.78 is 10.6. The minimum Gasteiger partial charge on any atom is -0.465 e. The van der Waals surface area contributed by atoms with E-state index in [2.05, 4.69) is 0 Å². The van der Waals surface area contributed by atoms with Gasteiger partial charge in [0.1, 0.15) is 16.4 Å². The van der Waals surface area contributed by atoms with Crippen molar-refractivity contribution in [3.8, 4) is 0 Å². The molecule has 0 radical (unpaired) electrons. The topological polar surface area (TPSA) is 122 Å². The summed E-state index contributed by atoms with van der Waals surface area (Å²) in [6.07, 6.45) is 0.596. The highest BCUT2D eigenvalue weighted by atomic mass is 35.5. The number of nitrogens with two attached hydrogens (primary N) is 1. The molecule has 164 valence electrons. The molecule has 8 nitrogen and oxygen atoms in total. The third kappa shape index (κ3) is 3.73. The van der Waals surface area contributed by atoms with Gasteiger partial charge in [-0.05, 0) is 23.1 Å². The Balaban J connectivity index is 1.86. The molecule has 0 amide bonds. The number of nitro groups is 1. The van der Waals surface area contributed by atoms with Crippen LogP contribution in [0.5, 0.6) is 0 Å². The lowest BCUT2D eigenvalue weighted by Crippen LogP contribution is -2.33. The number of allylic oxidation sites excluding steroid dienone is 2. The van der Waals surface area contributed by atoms with Gasteiger partial charge in [0.2, 0.25) is 5.88 Å². The van der Waals surface area contributed by atoms with E-state index >= 15 is 0 Å². The molecule has 0 aromatic heterocycles. The van der Waals surface area contributed by atoms with E-state index in [9.17, 15) is 19.7 Å². The number of Topliss-reactive ketones (excluding diaryl/α,β-unsaturated/α-hetero) is 1. The van der Waals surface area contributed by atoms with Crippen molar-refractivity contribution < 1.29 is 24.0 Å². The Labute approximate surface area is 188 Å². The minimum absolute atomic E-state index is 0.0595. The summed E-state index contributed by atoms with van der Waals surface area (Å²) >= 11 is 5.96. The highest BCUT2D eigenvalue weighted by Crippen LogP contribution is 2.48. The lowest BCUT2D eigenvalue weighted by atomic mass is 9.73. The molecule has 2 aromatic carbocycles. The molecule has 2 aliphatic rings. The zero-order valence-electron chi connectivity index (χ0n) is 17.0. The largest absolute Gasteiger partial charge is 0.465 e. The normalized spacial score (nSPS) is 20.5.